The van der Waals surface area contributed by atoms with Crippen LogP contribution in [0.1, 0.15) is 140 Å². The van der Waals surface area contributed by atoms with Gasteiger partial charge in [0.15, 0.2) is 0 Å². The largest absolute Gasteiger partial charge is 0.459 e. The molecule has 2 nitrogen and oxygen atoms in total. The molecule has 0 amide bonds. The molecule has 196 valence electrons. The minimum absolute atomic E-state index is 0.0431. The van der Waals surface area contributed by atoms with E-state index in [1.807, 2.05) is 41.5 Å². The second-order valence-corrected chi connectivity index (χ2v) is 11.1. The van der Waals surface area contributed by atoms with Gasteiger partial charge in [0.25, 0.3) is 0 Å². The van der Waals surface area contributed by atoms with Crippen LogP contribution in [0.15, 0.2) is 0 Å². The van der Waals surface area contributed by atoms with Crippen LogP contribution in [0, 0.1) is 46.8 Å². The molecule has 4 saturated carbocycles. The zero-order valence-electron chi connectivity index (χ0n) is 24.4. The molecule has 0 heterocycles. The molecule has 4 rings (SSSR count). The Labute approximate surface area is 208 Å². The van der Waals surface area contributed by atoms with Gasteiger partial charge in [0.1, 0.15) is 5.60 Å². The van der Waals surface area contributed by atoms with Crippen LogP contribution in [-0.4, -0.2) is 11.6 Å². The van der Waals surface area contributed by atoms with E-state index < -0.39 is 0 Å². The Morgan fingerprint density at radius 3 is 2.15 bits per heavy atom. The van der Waals surface area contributed by atoms with Crippen LogP contribution in [0.25, 0.3) is 0 Å². The molecule has 0 aromatic heterocycles. The monoisotopic (exact) mass is 464 g/mol. The van der Waals surface area contributed by atoms with Crippen molar-refractivity contribution in [3.63, 3.8) is 0 Å². The second-order valence-electron chi connectivity index (χ2n) is 11.1. The predicted molar refractivity (Wildman–Crippen MR) is 144 cm³/mol. The maximum atomic E-state index is 12.2. The van der Waals surface area contributed by atoms with Crippen LogP contribution in [0.4, 0.5) is 0 Å². The van der Waals surface area contributed by atoms with E-state index in [1.165, 1.54) is 57.8 Å². The highest BCUT2D eigenvalue weighted by Crippen LogP contribution is 2.67. The molecule has 0 aromatic rings. The van der Waals surface area contributed by atoms with Crippen LogP contribution in [-0.2, 0) is 9.53 Å². The summed E-state index contributed by atoms with van der Waals surface area (Å²) in [7, 11) is 0. The summed E-state index contributed by atoms with van der Waals surface area (Å²) in [5, 5.41) is 0. The topological polar surface area (TPSA) is 26.3 Å². The molecule has 4 aliphatic carbocycles. The molecule has 4 fully saturated rings. The number of esters is 1. The SMILES string of the molecule is CC.CC.CC.CC[C@@H](C)C1C(C)CC2C3CCC4CCCCC4(C)C3CCC21OC(C)=O. The molecule has 8 unspecified atom stereocenters. The van der Waals surface area contributed by atoms with Gasteiger partial charge in [-0.25, -0.2) is 0 Å². The Kier molecular flexibility index (Phi) is 12.5. The van der Waals surface area contributed by atoms with Crippen molar-refractivity contribution in [2.24, 2.45) is 46.8 Å². The van der Waals surface area contributed by atoms with Crippen LogP contribution in [0.2, 0.25) is 0 Å². The molecule has 2 heteroatoms. The van der Waals surface area contributed by atoms with E-state index in [9.17, 15) is 4.79 Å². The van der Waals surface area contributed by atoms with Crippen LogP contribution in [0.3, 0.4) is 0 Å². The standard InChI is InChI=1S/C25H42O2.3C2H6/c1-6-16(2)23-17(3)15-22-20-11-10-19-9-7-8-13-24(19,5)21(20)12-14-25(22,23)27-18(4)26;3*1-2/h16-17,19-23H,6-15H2,1-5H3;3*1-2H3/t16-,17?,19?,20?,21?,22?,23?,24?,25?;;;/m1.../s1. The molecule has 9 atom stereocenters. The van der Waals surface area contributed by atoms with Gasteiger partial charge in [-0.3, -0.25) is 4.79 Å². The molecule has 0 aliphatic heterocycles. The normalized spacial score (nSPS) is 41.7. The van der Waals surface area contributed by atoms with E-state index in [-0.39, 0.29) is 11.6 Å². The fourth-order valence-corrected chi connectivity index (χ4v) is 9.01. The molecule has 0 N–H and O–H groups in total. The highest BCUT2D eigenvalue weighted by atomic mass is 16.6. The lowest BCUT2D eigenvalue weighted by Gasteiger charge is -2.60. The highest BCUT2D eigenvalue weighted by Gasteiger charge is 2.65. The van der Waals surface area contributed by atoms with Gasteiger partial charge >= 0.3 is 5.97 Å². The Hall–Kier alpha value is -0.530. The molecule has 0 spiro atoms. The molecule has 0 aromatic carbocycles. The first kappa shape index (κ1) is 30.5. The summed E-state index contributed by atoms with van der Waals surface area (Å²) in [5.74, 6) is 5.05. The lowest BCUT2D eigenvalue weighted by Crippen LogP contribution is -2.58. The predicted octanol–water partition coefficient (Wildman–Crippen LogP) is 9.70. The summed E-state index contributed by atoms with van der Waals surface area (Å²) in [6.45, 7) is 23.4. The van der Waals surface area contributed by atoms with Crippen LogP contribution < -0.4 is 0 Å². The van der Waals surface area contributed by atoms with Crippen LogP contribution >= 0.6 is 0 Å². The lowest BCUT2D eigenvalue weighted by molar-refractivity contribution is -0.197. The molecule has 4 aliphatic rings. The first-order chi connectivity index (χ1) is 15.8. The first-order valence-corrected chi connectivity index (χ1v) is 15.0. The number of carbonyl (C=O) groups excluding carboxylic acids is 1. The Bertz CT molecular complexity index is 571. The van der Waals surface area contributed by atoms with Gasteiger partial charge in [0.2, 0.25) is 0 Å². The Morgan fingerprint density at radius 2 is 1.58 bits per heavy atom. The number of fused-ring (bicyclic) bond motifs is 5. The average molecular weight is 465 g/mol. The maximum absolute atomic E-state index is 12.2. The summed E-state index contributed by atoms with van der Waals surface area (Å²) in [6.07, 6.45) is 13.5. The number of hydrogen-bond donors (Lipinski definition) is 0. The fraction of sp³-hybridized carbons (Fsp3) is 0.968. The van der Waals surface area contributed by atoms with Crippen molar-refractivity contribution in [2.45, 2.75) is 146 Å². The van der Waals surface area contributed by atoms with Crippen molar-refractivity contribution in [1.82, 2.24) is 0 Å². The third kappa shape index (κ3) is 5.66. The summed E-state index contributed by atoms with van der Waals surface area (Å²) < 4.78 is 6.39. The van der Waals surface area contributed by atoms with Crippen molar-refractivity contribution < 1.29 is 9.53 Å². The first-order valence-electron chi connectivity index (χ1n) is 15.0. The third-order valence-electron chi connectivity index (χ3n) is 10.0. The summed E-state index contributed by atoms with van der Waals surface area (Å²) in [4.78, 5) is 12.2. The summed E-state index contributed by atoms with van der Waals surface area (Å²) in [6, 6.07) is 0. The summed E-state index contributed by atoms with van der Waals surface area (Å²) in [5.41, 5.74) is 0.390. The molecule has 33 heavy (non-hydrogen) atoms. The molecule has 0 bridgehead atoms. The van der Waals surface area contributed by atoms with Crippen molar-refractivity contribution in [1.29, 1.82) is 0 Å². The minimum atomic E-state index is -0.167. The number of ether oxygens (including phenoxy) is 1. The highest BCUT2D eigenvalue weighted by molar-refractivity contribution is 5.66. The van der Waals surface area contributed by atoms with Gasteiger partial charge < -0.3 is 4.74 Å². The van der Waals surface area contributed by atoms with E-state index in [0.717, 1.165) is 24.2 Å². The van der Waals surface area contributed by atoms with Gasteiger partial charge in [-0.2, -0.15) is 0 Å². The lowest BCUT2D eigenvalue weighted by atomic mass is 9.46. The van der Waals surface area contributed by atoms with Gasteiger partial charge in [-0.05, 0) is 80.0 Å². The molecular weight excluding hydrogens is 404 g/mol. The molecule has 0 saturated heterocycles. The minimum Gasteiger partial charge on any atom is -0.459 e. The number of carbonyl (C=O) groups is 1. The number of rotatable bonds is 3. The fourth-order valence-electron chi connectivity index (χ4n) is 9.01. The summed E-state index contributed by atoms with van der Waals surface area (Å²) >= 11 is 0. The van der Waals surface area contributed by atoms with Crippen molar-refractivity contribution in [3.8, 4) is 0 Å². The van der Waals surface area contributed by atoms with Gasteiger partial charge in [0, 0.05) is 18.8 Å². The van der Waals surface area contributed by atoms with E-state index in [2.05, 4.69) is 27.7 Å². The van der Waals surface area contributed by atoms with E-state index >= 15 is 0 Å². The quantitative estimate of drug-likeness (QED) is 0.388. The van der Waals surface area contributed by atoms with Crippen molar-refractivity contribution >= 4 is 5.97 Å². The smallest absolute Gasteiger partial charge is 0.303 e. The average Bonchev–Trinajstić information content (AvgIpc) is 3.13. The van der Waals surface area contributed by atoms with E-state index in [1.54, 1.807) is 6.92 Å². The maximum Gasteiger partial charge on any atom is 0.303 e. The van der Waals surface area contributed by atoms with Crippen LogP contribution in [0.5, 0.6) is 0 Å². The Morgan fingerprint density at radius 1 is 0.939 bits per heavy atom. The second kappa shape index (κ2) is 13.5. The van der Waals surface area contributed by atoms with E-state index in [0.29, 0.717) is 29.1 Å². The zero-order valence-corrected chi connectivity index (χ0v) is 24.4. The number of hydrogen-bond acceptors (Lipinski definition) is 2. The van der Waals surface area contributed by atoms with Crippen molar-refractivity contribution in [2.75, 3.05) is 0 Å². The van der Waals surface area contributed by atoms with Gasteiger partial charge in [-0.1, -0.05) is 88.5 Å². The molecular formula is C31H60O2. The van der Waals surface area contributed by atoms with Crippen molar-refractivity contribution in [3.05, 3.63) is 0 Å². The third-order valence-corrected chi connectivity index (χ3v) is 10.0. The van der Waals surface area contributed by atoms with Gasteiger partial charge in [0.05, 0.1) is 0 Å². The van der Waals surface area contributed by atoms with E-state index in [4.69, 9.17) is 4.74 Å². The zero-order chi connectivity index (χ0) is 25.4. The Balaban J connectivity index is 0.000000841. The molecule has 0 radical (unpaired) electrons. The van der Waals surface area contributed by atoms with Gasteiger partial charge in [-0.15, -0.1) is 0 Å².